The molecular formula is C9H12O2. The van der Waals surface area contributed by atoms with Crippen LogP contribution in [0.2, 0.25) is 0 Å². The van der Waals surface area contributed by atoms with E-state index in [-0.39, 0.29) is 5.63 Å². The normalized spacial score (nSPS) is 10.5. The molecule has 0 aliphatic heterocycles. The third-order valence-corrected chi connectivity index (χ3v) is 1.58. The summed E-state index contributed by atoms with van der Waals surface area (Å²) in [5.41, 5.74) is 0.785. The maximum absolute atomic E-state index is 10.8. The van der Waals surface area contributed by atoms with Crippen LogP contribution in [-0.2, 0) is 0 Å². The standard InChI is InChI=1S/C9H12O2/c1-6(2)8-4-7(3)11-9(10)5-8/h4-6H,1-3H3. The Morgan fingerprint density at radius 2 is 2.00 bits per heavy atom. The molecule has 0 N–H and O–H groups in total. The minimum atomic E-state index is -0.256. The molecule has 0 aromatic carbocycles. The summed E-state index contributed by atoms with van der Waals surface area (Å²) < 4.78 is 4.81. The smallest absolute Gasteiger partial charge is 0.336 e. The van der Waals surface area contributed by atoms with Crippen LogP contribution in [0.5, 0.6) is 0 Å². The first-order valence-electron chi connectivity index (χ1n) is 3.71. The molecule has 0 radical (unpaired) electrons. The molecule has 0 atom stereocenters. The summed E-state index contributed by atoms with van der Waals surface area (Å²) in [6.07, 6.45) is 0. The van der Waals surface area contributed by atoms with E-state index in [2.05, 4.69) is 0 Å². The highest BCUT2D eigenvalue weighted by molar-refractivity contribution is 5.16. The second kappa shape index (κ2) is 2.91. The second-order valence-corrected chi connectivity index (χ2v) is 2.98. The molecule has 1 heterocycles. The van der Waals surface area contributed by atoms with Crippen molar-refractivity contribution in [2.24, 2.45) is 0 Å². The lowest BCUT2D eigenvalue weighted by Gasteiger charge is -2.03. The molecule has 0 fully saturated rings. The minimum absolute atomic E-state index is 0.256. The van der Waals surface area contributed by atoms with Gasteiger partial charge in [-0.15, -0.1) is 0 Å². The van der Waals surface area contributed by atoms with E-state index in [4.69, 9.17) is 4.42 Å². The molecular weight excluding hydrogens is 140 g/mol. The van der Waals surface area contributed by atoms with Gasteiger partial charge in [0.2, 0.25) is 0 Å². The molecule has 0 saturated carbocycles. The highest BCUT2D eigenvalue weighted by Gasteiger charge is 2.01. The first kappa shape index (κ1) is 8.05. The van der Waals surface area contributed by atoms with Crippen LogP contribution in [0, 0.1) is 6.92 Å². The van der Waals surface area contributed by atoms with Gasteiger partial charge < -0.3 is 4.42 Å². The van der Waals surface area contributed by atoms with Gasteiger partial charge in [0.1, 0.15) is 5.76 Å². The molecule has 0 amide bonds. The van der Waals surface area contributed by atoms with Gasteiger partial charge in [-0.05, 0) is 24.5 Å². The molecule has 1 rings (SSSR count). The highest BCUT2D eigenvalue weighted by atomic mass is 16.4. The van der Waals surface area contributed by atoms with E-state index in [1.54, 1.807) is 6.92 Å². The molecule has 0 aliphatic rings. The van der Waals surface area contributed by atoms with Gasteiger partial charge in [-0.2, -0.15) is 0 Å². The van der Waals surface area contributed by atoms with Crippen LogP contribution < -0.4 is 5.63 Å². The predicted molar refractivity (Wildman–Crippen MR) is 43.8 cm³/mol. The van der Waals surface area contributed by atoms with Crippen molar-refractivity contribution >= 4 is 0 Å². The molecule has 11 heavy (non-hydrogen) atoms. The molecule has 2 heteroatoms. The average molecular weight is 152 g/mol. The Hall–Kier alpha value is -1.05. The zero-order chi connectivity index (χ0) is 8.43. The maximum atomic E-state index is 10.8. The van der Waals surface area contributed by atoms with E-state index in [0.717, 1.165) is 5.56 Å². The minimum Gasteiger partial charge on any atom is -0.428 e. The number of hydrogen-bond acceptors (Lipinski definition) is 2. The summed E-state index contributed by atoms with van der Waals surface area (Å²) in [5, 5.41) is 0. The fourth-order valence-corrected chi connectivity index (χ4v) is 0.963. The van der Waals surface area contributed by atoms with Crippen LogP contribution >= 0.6 is 0 Å². The van der Waals surface area contributed by atoms with Gasteiger partial charge in [-0.25, -0.2) is 4.79 Å². The second-order valence-electron chi connectivity index (χ2n) is 2.98. The molecule has 1 aromatic rings. The van der Waals surface area contributed by atoms with Gasteiger partial charge in [-0.1, -0.05) is 13.8 Å². The van der Waals surface area contributed by atoms with Gasteiger partial charge in [-0.3, -0.25) is 0 Å². The Kier molecular flexibility index (Phi) is 2.13. The Labute approximate surface area is 65.9 Å². The van der Waals surface area contributed by atoms with E-state index < -0.39 is 0 Å². The van der Waals surface area contributed by atoms with Crippen molar-refractivity contribution < 1.29 is 4.42 Å². The highest BCUT2D eigenvalue weighted by Crippen LogP contribution is 2.12. The lowest BCUT2D eigenvalue weighted by atomic mass is 10.1. The SMILES string of the molecule is Cc1cc(C(C)C)cc(=O)o1. The fourth-order valence-electron chi connectivity index (χ4n) is 0.963. The summed E-state index contributed by atoms with van der Waals surface area (Å²) in [6, 6.07) is 3.43. The fraction of sp³-hybridized carbons (Fsp3) is 0.444. The molecule has 60 valence electrons. The predicted octanol–water partition coefficient (Wildman–Crippen LogP) is 2.07. The summed E-state index contributed by atoms with van der Waals surface area (Å²) in [6.45, 7) is 5.88. The Morgan fingerprint density at radius 1 is 1.36 bits per heavy atom. The third kappa shape index (κ3) is 1.93. The van der Waals surface area contributed by atoms with E-state index in [0.29, 0.717) is 11.7 Å². The zero-order valence-corrected chi connectivity index (χ0v) is 7.05. The van der Waals surface area contributed by atoms with Crippen LogP contribution in [-0.4, -0.2) is 0 Å². The summed E-state index contributed by atoms with van der Waals surface area (Å²) in [5.74, 6) is 1.07. The molecule has 1 aromatic heterocycles. The first-order chi connectivity index (χ1) is 5.09. The summed E-state index contributed by atoms with van der Waals surface area (Å²) in [4.78, 5) is 10.8. The zero-order valence-electron chi connectivity index (χ0n) is 7.05. The van der Waals surface area contributed by atoms with Crippen LogP contribution in [0.25, 0.3) is 0 Å². The molecule has 0 bridgehead atoms. The molecule has 0 spiro atoms. The van der Waals surface area contributed by atoms with Gasteiger partial charge in [0.15, 0.2) is 0 Å². The average Bonchev–Trinajstić information content (AvgIpc) is 1.85. The van der Waals surface area contributed by atoms with Crippen molar-refractivity contribution in [2.45, 2.75) is 26.7 Å². The van der Waals surface area contributed by atoms with Gasteiger partial charge >= 0.3 is 5.63 Å². The quantitative estimate of drug-likeness (QED) is 0.616. The molecule has 0 unspecified atom stereocenters. The Morgan fingerprint density at radius 3 is 2.45 bits per heavy atom. The van der Waals surface area contributed by atoms with Crippen molar-refractivity contribution in [3.63, 3.8) is 0 Å². The van der Waals surface area contributed by atoms with Crippen molar-refractivity contribution in [1.82, 2.24) is 0 Å². The van der Waals surface area contributed by atoms with E-state index in [9.17, 15) is 4.79 Å². The molecule has 0 aliphatic carbocycles. The lowest BCUT2D eigenvalue weighted by Crippen LogP contribution is -2.01. The topological polar surface area (TPSA) is 30.2 Å². The summed E-state index contributed by atoms with van der Waals surface area (Å²) >= 11 is 0. The Bertz CT molecular complexity index is 297. The largest absolute Gasteiger partial charge is 0.428 e. The third-order valence-electron chi connectivity index (χ3n) is 1.58. The van der Waals surface area contributed by atoms with Crippen molar-refractivity contribution in [1.29, 1.82) is 0 Å². The van der Waals surface area contributed by atoms with E-state index >= 15 is 0 Å². The van der Waals surface area contributed by atoms with Gasteiger partial charge in [0.05, 0.1) is 0 Å². The number of aryl methyl sites for hydroxylation is 1. The summed E-state index contributed by atoms with van der Waals surface area (Å²) in [7, 11) is 0. The van der Waals surface area contributed by atoms with Crippen molar-refractivity contribution in [2.75, 3.05) is 0 Å². The monoisotopic (exact) mass is 152 g/mol. The van der Waals surface area contributed by atoms with Gasteiger partial charge in [0.25, 0.3) is 0 Å². The Balaban J connectivity index is 3.19. The number of rotatable bonds is 1. The van der Waals surface area contributed by atoms with Crippen LogP contribution in [0.1, 0.15) is 31.1 Å². The van der Waals surface area contributed by atoms with Crippen molar-refractivity contribution in [3.05, 3.63) is 33.9 Å². The lowest BCUT2D eigenvalue weighted by molar-refractivity contribution is 0.476. The van der Waals surface area contributed by atoms with Crippen LogP contribution in [0.3, 0.4) is 0 Å². The van der Waals surface area contributed by atoms with Gasteiger partial charge in [0, 0.05) is 6.07 Å². The van der Waals surface area contributed by atoms with Crippen molar-refractivity contribution in [3.8, 4) is 0 Å². The van der Waals surface area contributed by atoms with E-state index in [1.165, 1.54) is 6.07 Å². The van der Waals surface area contributed by atoms with E-state index in [1.807, 2.05) is 19.9 Å². The first-order valence-corrected chi connectivity index (χ1v) is 3.71. The van der Waals surface area contributed by atoms with Crippen LogP contribution in [0.15, 0.2) is 21.3 Å². The molecule has 0 saturated heterocycles. The maximum Gasteiger partial charge on any atom is 0.336 e. The van der Waals surface area contributed by atoms with Crippen LogP contribution in [0.4, 0.5) is 0 Å². The number of hydrogen-bond donors (Lipinski definition) is 0. The molecule has 2 nitrogen and oxygen atoms in total.